The monoisotopic (exact) mass is 448 g/mol. The summed E-state index contributed by atoms with van der Waals surface area (Å²) in [6, 6.07) is 21.6. The predicted molar refractivity (Wildman–Crippen MR) is 107 cm³/mol. The second-order valence-corrected chi connectivity index (χ2v) is 8.01. The van der Waals surface area contributed by atoms with Crippen LogP contribution in [0.5, 0.6) is 5.75 Å². The molecule has 1 atom stereocenters. The molecule has 4 heteroatoms. The Morgan fingerprint density at radius 3 is 2.33 bits per heavy atom. The molecule has 122 valence electrons. The van der Waals surface area contributed by atoms with Crippen molar-refractivity contribution in [1.29, 1.82) is 0 Å². The molecule has 0 N–H and O–H groups in total. The summed E-state index contributed by atoms with van der Waals surface area (Å²) in [4.78, 5) is 1.60. The number of methoxy groups -OCH3 is 1. The van der Waals surface area contributed by atoms with Gasteiger partial charge < -0.3 is 4.74 Å². The van der Waals surface area contributed by atoms with Gasteiger partial charge in [0.15, 0.2) is 0 Å². The third-order valence-corrected chi connectivity index (χ3v) is 6.14. The summed E-state index contributed by atoms with van der Waals surface area (Å²) >= 11 is 2.29. The smallest absolute Gasteiger partial charge is 0.127 e. The molecule has 3 aromatic carbocycles. The van der Waals surface area contributed by atoms with Crippen LogP contribution in [-0.2, 0) is 10.8 Å². The van der Waals surface area contributed by atoms with E-state index in [1.807, 2.05) is 73.7 Å². The van der Waals surface area contributed by atoms with Crippen LogP contribution in [0, 0.1) is 10.5 Å². The van der Waals surface area contributed by atoms with E-state index in [1.54, 1.807) is 7.11 Å². The Bertz CT molecular complexity index is 888. The molecular formula is C20H17IO2S. The van der Waals surface area contributed by atoms with Gasteiger partial charge in [0.05, 0.1) is 22.8 Å². The predicted octanol–water partition coefficient (Wildman–Crippen LogP) is 5.44. The number of hydrogen-bond donors (Lipinski definition) is 0. The molecule has 0 spiro atoms. The van der Waals surface area contributed by atoms with Crippen molar-refractivity contribution in [2.75, 3.05) is 7.11 Å². The summed E-state index contributed by atoms with van der Waals surface area (Å²) in [5.41, 5.74) is 3.08. The third-order valence-electron chi connectivity index (χ3n) is 3.79. The molecule has 0 aliphatic rings. The minimum atomic E-state index is -1.24. The first-order valence-electron chi connectivity index (χ1n) is 7.52. The number of rotatable bonds is 4. The normalized spacial score (nSPS) is 12.0. The van der Waals surface area contributed by atoms with Crippen molar-refractivity contribution in [3.05, 3.63) is 75.9 Å². The largest absolute Gasteiger partial charge is 0.496 e. The number of ether oxygens (including phenoxy) is 1. The lowest BCUT2D eigenvalue weighted by atomic mass is 10.0. The van der Waals surface area contributed by atoms with Crippen LogP contribution >= 0.6 is 22.6 Å². The molecule has 1 unspecified atom stereocenters. The van der Waals surface area contributed by atoms with E-state index < -0.39 is 10.8 Å². The summed E-state index contributed by atoms with van der Waals surface area (Å²) in [6.45, 7) is 2.03. The molecular weight excluding hydrogens is 431 g/mol. The van der Waals surface area contributed by atoms with Crippen molar-refractivity contribution < 1.29 is 8.95 Å². The minimum Gasteiger partial charge on any atom is -0.496 e. The zero-order valence-electron chi connectivity index (χ0n) is 13.5. The molecule has 0 heterocycles. The van der Waals surface area contributed by atoms with Crippen molar-refractivity contribution in [2.45, 2.75) is 16.7 Å². The van der Waals surface area contributed by atoms with E-state index in [1.165, 1.54) is 0 Å². The fourth-order valence-corrected chi connectivity index (χ4v) is 4.53. The van der Waals surface area contributed by atoms with Crippen molar-refractivity contribution in [1.82, 2.24) is 0 Å². The topological polar surface area (TPSA) is 26.3 Å². The second kappa shape index (κ2) is 7.49. The van der Waals surface area contributed by atoms with E-state index >= 15 is 0 Å². The summed E-state index contributed by atoms with van der Waals surface area (Å²) in [6.07, 6.45) is 0. The molecule has 2 nitrogen and oxygen atoms in total. The lowest BCUT2D eigenvalue weighted by molar-refractivity contribution is 0.416. The van der Waals surface area contributed by atoms with E-state index in [2.05, 4.69) is 22.6 Å². The van der Waals surface area contributed by atoms with Gasteiger partial charge in [0.25, 0.3) is 0 Å². The summed E-state index contributed by atoms with van der Waals surface area (Å²) in [5, 5.41) is 0. The maximum Gasteiger partial charge on any atom is 0.127 e. The number of aryl methyl sites for hydroxylation is 1. The van der Waals surface area contributed by atoms with Gasteiger partial charge >= 0.3 is 0 Å². The van der Waals surface area contributed by atoms with Crippen LogP contribution in [-0.4, -0.2) is 11.3 Å². The first-order chi connectivity index (χ1) is 11.6. The maximum atomic E-state index is 13.1. The summed E-state index contributed by atoms with van der Waals surface area (Å²) in [7, 11) is 0.417. The number of halogens is 1. The Hall–Kier alpha value is -1.66. The Morgan fingerprint density at radius 1 is 0.917 bits per heavy atom. The first-order valence-corrected chi connectivity index (χ1v) is 9.75. The molecule has 3 rings (SSSR count). The van der Waals surface area contributed by atoms with Crippen LogP contribution in [0.25, 0.3) is 11.1 Å². The highest BCUT2D eigenvalue weighted by Gasteiger charge is 2.17. The molecule has 0 radical (unpaired) electrons. The highest BCUT2D eigenvalue weighted by Crippen LogP contribution is 2.38. The summed E-state index contributed by atoms with van der Waals surface area (Å²) < 4.78 is 19.7. The molecule has 0 aliphatic heterocycles. The van der Waals surface area contributed by atoms with Gasteiger partial charge in [-0.3, -0.25) is 0 Å². The van der Waals surface area contributed by atoms with Crippen molar-refractivity contribution in [3.63, 3.8) is 0 Å². The quantitative estimate of drug-likeness (QED) is 0.497. The van der Waals surface area contributed by atoms with Crippen LogP contribution in [0.2, 0.25) is 0 Å². The second-order valence-electron chi connectivity index (χ2n) is 5.40. The number of benzene rings is 3. The van der Waals surface area contributed by atoms with Gasteiger partial charge in [-0.05, 0) is 59.8 Å². The molecule has 0 saturated heterocycles. The Morgan fingerprint density at radius 2 is 1.62 bits per heavy atom. The van der Waals surface area contributed by atoms with Gasteiger partial charge in [0.1, 0.15) is 5.75 Å². The van der Waals surface area contributed by atoms with Crippen LogP contribution in [0.1, 0.15) is 5.56 Å². The van der Waals surface area contributed by atoms with Gasteiger partial charge in [0, 0.05) is 19.6 Å². The minimum absolute atomic E-state index is 0.787. The highest BCUT2D eigenvalue weighted by atomic mass is 127. The lowest BCUT2D eigenvalue weighted by Crippen LogP contribution is -1.98. The van der Waals surface area contributed by atoms with E-state index in [9.17, 15) is 4.21 Å². The van der Waals surface area contributed by atoms with Gasteiger partial charge in [-0.15, -0.1) is 0 Å². The number of hydrogen-bond acceptors (Lipinski definition) is 2. The fourth-order valence-electron chi connectivity index (χ4n) is 2.56. The van der Waals surface area contributed by atoms with Crippen LogP contribution < -0.4 is 4.74 Å². The molecule has 0 saturated carbocycles. The zero-order chi connectivity index (χ0) is 17.1. The molecule has 0 bridgehead atoms. The molecule has 0 aliphatic carbocycles. The van der Waals surface area contributed by atoms with E-state index in [-0.39, 0.29) is 0 Å². The van der Waals surface area contributed by atoms with Crippen molar-refractivity contribution in [3.8, 4) is 16.9 Å². The van der Waals surface area contributed by atoms with Crippen LogP contribution in [0.4, 0.5) is 0 Å². The zero-order valence-corrected chi connectivity index (χ0v) is 16.4. The van der Waals surface area contributed by atoms with Crippen LogP contribution in [0.15, 0.2) is 76.5 Å². The average Bonchev–Trinajstić information content (AvgIpc) is 2.61. The SMILES string of the molecule is COc1cccc(I)c1-c1ccccc1S(=O)c1ccc(C)cc1. The molecule has 0 fully saturated rings. The van der Waals surface area contributed by atoms with Gasteiger partial charge in [-0.2, -0.15) is 0 Å². The van der Waals surface area contributed by atoms with Crippen molar-refractivity contribution >= 4 is 33.4 Å². The highest BCUT2D eigenvalue weighted by molar-refractivity contribution is 14.1. The van der Waals surface area contributed by atoms with Crippen molar-refractivity contribution in [2.24, 2.45) is 0 Å². The molecule has 24 heavy (non-hydrogen) atoms. The van der Waals surface area contributed by atoms with E-state index in [0.717, 1.165) is 35.8 Å². The fraction of sp³-hybridized carbons (Fsp3) is 0.100. The third kappa shape index (κ3) is 3.39. The summed E-state index contributed by atoms with van der Waals surface area (Å²) in [5.74, 6) is 0.787. The van der Waals surface area contributed by atoms with E-state index in [4.69, 9.17) is 4.74 Å². The van der Waals surface area contributed by atoms with Gasteiger partial charge in [-0.1, -0.05) is 42.0 Å². The average molecular weight is 448 g/mol. The maximum absolute atomic E-state index is 13.1. The Kier molecular flexibility index (Phi) is 5.36. The van der Waals surface area contributed by atoms with E-state index in [0.29, 0.717) is 0 Å². The molecule has 3 aromatic rings. The lowest BCUT2D eigenvalue weighted by Gasteiger charge is -2.14. The first kappa shape index (κ1) is 17.2. The van der Waals surface area contributed by atoms with Gasteiger partial charge in [-0.25, -0.2) is 4.21 Å². The van der Waals surface area contributed by atoms with Gasteiger partial charge in [0.2, 0.25) is 0 Å². The standard InChI is InChI=1S/C20H17IO2S/c1-14-10-12-15(13-11-14)24(22)19-9-4-3-6-16(19)20-17(21)7-5-8-18(20)23-2/h3-13H,1-2H3. The van der Waals surface area contributed by atoms with Crippen LogP contribution in [0.3, 0.4) is 0 Å². The molecule has 0 aromatic heterocycles. The Balaban J connectivity index is 2.16. The Labute approximate surface area is 158 Å². The molecule has 0 amide bonds.